The van der Waals surface area contributed by atoms with Crippen molar-refractivity contribution in [3.63, 3.8) is 0 Å². The fourth-order valence-corrected chi connectivity index (χ4v) is 3.40. The highest BCUT2D eigenvalue weighted by molar-refractivity contribution is 5.85. The Morgan fingerprint density at radius 3 is 2.58 bits per heavy atom. The topological polar surface area (TPSA) is 64.7 Å². The SMILES string of the molecule is CCCn1c2nc(-c3ccc(C)cc3)nc-2c2n(c1=O)CC(CC)N2.Cl. The Morgan fingerprint density at radius 2 is 1.92 bits per heavy atom. The average Bonchev–Trinajstić information content (AvgIpc) is 3.23. The zero-order valence-electron chi connectivity index (χ0n) is 15.3. The number of halogens is 1. The number of rotatable bonds is 4. The molecule has 26 heavy (non-hydrogen) atoms. The van der Waals surface area contributed by atoms with Gasteiger partial charge in [-0.3, -0.25) is 9.13 Å². The number of aromatic nitrogens is 4. The molecule has 3 aliphatic rings. The predicted molar refractivity (Wildman–Crippen MR) is 106 cm³/mol. The van der Waals surface area contributed by atoms with Gasteiger partial charge in [-0.1, -0.05) is 43.7 Å². The van der Waals surface area contributed by atoms with E-state index in [9.17, 15) is 4.79 Å². The predicted octanol–water partition coefficient (Wildman–Crippen LogP) is 3.56. The lowest BCUT2D eigenvalue weighted by atomic mass is 10.1. The van der Waals surface area contributed by atoms with Crippen LogP contribution in [0.1, 0.15) is 32.3 Å². The third-order valence-electron chi connectivity index (χ3n) is 4.85. The van der Waals surface area contributed by atoms with Crippen LogP contribution in [-0.2, 0) is 13.1 Å². The number of fused-ring (bicyclic) bond motifs is 3. The van der Waals surface area contributed by atoms with Crippen LogP contribution in [0.4, 0.5) is 5.82 Å². The van der Waals surface area contributed by atoms with Crippen LogP contribution in [0.15, 0.2) is 29.1 Å². The first-order valence-corrected chi connectivity index (χ1v) is 8.97. The number of imidazole rings is 1. The first-order valence-electron chi connectivity index (χ1n) is 8.97. The fraction of sp³-hybridized carbons (Fsp3) is 0.421. The molecular formula is C19H24ClN5O. The second kappa shape index (κ2) is 7.11. The maximum atomic E-state index is 12.9. The van der Waals surface area contributed by atoms with E-state index in [1.807, 2.05) is 16.7 Å². The van der Waals surface area contributed by atoms with Gasteiger partial charge < -0.3 is 5.32 Å². The van der Waals surface area contributed by atoms with E-state index in [1.54, 1.807) is 4.57 Å². The quantitative estimate of drug-likeness (QED) is 0.759. The first-order chi connectivity index (χ1) is 12.1. The summed E-state index contributed by atoms with van der Waals surface area (Å²) in [5, 5.41) is 3.46. The minimum atomic E-state index is 0. The monoisotopic (exact) mass is 373 g/mol. The highest BCUT2D eigenvalue weighted by Gasteiger charge is 2.30. The van der Waals surface area contributed by atoms with Gasteiger partial charge in [0, 0.05) is 24.7 Å². The summed E-state index contributed by atoms with van der Waals surface area (Å²) in [6.07, 6.45) is 1.85. The summed E-state index contributed by atoms with van der Waals surface area (Å²) >= 11 is 0. The minimum Gasteiger partial charge on any atom is -0.365 e. The normalized spacial score (nSPS) is 15.6. The van der Waals surface area contributed by atoms with Crippen molar-refractivity contribution in [2.45, 2.75) is 52.7 Å². The van der Waals surface area contributed by atoms with Crippen LogP contribution >= 0.6 is 12.4 Å². The largest absolute Gasteiger partial charge is 0.365 e. The van der Waals surface area contributed by atoms with Crippen molar-refractivity contribution < 1.29 is 0 Å². The zero-order valence-corrected chi connectivity index (χ0v) is 16.1. The Balaban J connectivity index is 0.00000196. The van der Waals surface area contributed by atoms with E-state index < -0.39 is 0 Å². The van der Waals surface area contributed by atoms with E-state index >= 15 is 0 Å². The summed E-state index contributed by atoms with van der Waals surface area (Å²) in [5.74, 6) is 2.16. The fourth-order valence-electron chi connectivity index (χ4n) is 3.40. The number of anilines is 1. The molecule has 0 spiro atoms. The van der Waals surface area contributed by atoms with E-state index in [4.69, 9.17) is 9.97 Å². The summed E-state index contributed by atoms with van der Waals surface area (Å²) < 4.78 is 3.59. The van der Waals surface area contributed by atoms with Crippen LogP contribution in [0.5, 0.6) is 0 Å². The Morgan fingerprint density at radius 1 is 1.19 bits per heavy atom. The van der Waals surface area contributed by atoms with Crippen molar-refractivity contribution >= 4 is 18.2 Å². The molecule has 3 heterocycles. The lowest BCUT2D eigenvalue weighted by Crippen LogP contribution is -2.32. The van der Waals surface area contributed by atoms with Crippen molar-refractivity contribution in [2.24, 2.45) is 0 Å². The van der Waals surface area contributed by atoms with Gasteiger partial charge >= 0.3 is 5.69 Å². The van der Waals surface area contributed by atoms with E-state index in [0.717, 1.165) is 29.9 Å². The Hall–Kier alpha value is -2.34. The smallest absolute Gasteiger partial charge is 0.331 e. The van der Waals surface area contributed by atoms with Gasteiger partial charge in [0.1, 0.15) is 11.5 Å². The van der Waals surface area contributed by atoms with Crippen molar-refractivity contribution in [1.82, 2.24) is 19.1 Å². The van der Waals surface area contributed by atoms with Crippen LogP contribution < -0.4 is 11.0 Å². The van der Waals surface area contributed by atoms with E-state index in [2.05, 4.69) is 38.2 Å². The molecule has 0 fully saturated rings. The highest BCUT2D eigenvalue weighted by Crippen LogP contribution is 2.33. The lowest BCUT2D eigenvalue weighted by Gasteiger charge is -2.13. The number of benzene rings is 1. The van der Waals surface area contributed by atoms with E-state index in [1.165, 1.54) is 5.56 Å². The van der Waals surface area contributed by atoms with Gasteiger partial charge in [-0.2, -0.15) is 0 Å². The van der Waals surface area contributed by atoms with Crippen LogP contribution in [0.2, 0.25) is 0 Å². The molecule has 0 saturated carbocycles. The zero-order chi connectivity index (χ0) is 17.6. The Kier molecular flexibility index (Phi) is 5.05. The average molecular weight is 374 g/mol. The molecule has 1 aromatic carbocycles. The number of nitrogens with one attached hydrogen (secondary N) is 1. The molecule has 0 aliphatic carbocycles. The van der Waals surface area contributed by atoms with Crippen molar-refractivity contribution in [3.05, 3.63) is 40.3 Å². The summed E-state index contributed by atoms with van der Waals surface area (Å²) in [7, 11) is 0. The van der Waals surface area contributed by atoms with E-state index in [0.29, 0.717) is 24.7 Å². The molecule has 3 aliphatic heterocycles. The molecule has 0 bridgehead atoms. The molecule has 1 atom stereocenters. The molecule has 4 rings (SSSR count). The maximum Gasteiger partial charge on any atom is 0.331 e. The van der Waals surface area contributed by atoms with Crippen LogP contribution in [0.25, 0.3) is 22.9 Å². The molecule has 0 aromatic heterocycles. The second-order valence-electron chi connectivity index (χ2n) is 6.73. The summed E-state index contributed by atoms with van der Waals surface area (Å²) in [6, 6.07) is 8.44. The van der Waals surface area contributed by atoms with E-state index in [-0.39, 0.29) is 24.1 Å². The summed E-state index contributed by atoms with van der Waals surface area (Å²) in [5.41, 5.74) is 2.97. The Bertz CT molecular complexity index is 944. The number of aryl methyl sites for hydroxylation is 1. The standard InChI is InChI=1S/C19H23N5O.ClH/c1-4-10-23-18-15(17-20-14(5-2)11-24(17)19(23)25)21-16(22-18)13-8-6-12(3)7-9-13;/h6-9,14,20H,4-5,10-11H2,1-3H3;1H. The molecule has 6 nitrogen and oxygen atoms in total. The highest BCUT2D eigenvalue weighted by atomic mass is 35.5. The van der Waals surface area contributed by atoms with Crippen molar-refractivity contribution in [3.8, 4) is 22.9 Å². The molecule has 1 unspecified atom stereocenters. The molecule has 0 amide bonds. The van der Waals surface area contributed by atoms with Gasteiger partial charge in [-0.05, 0) is 19.8 Å². The lowest BCUT2D eigenvalue weighted by molar-refractivity contribution is 0.556. The number of nitrogens with zero attached hydrogens (tertiary/aromatic N) is 4. The third-order valence-corrected chi connectivity index (χ3v) is 4.85. The van der Waals surface area contributed by atoms with Gasteiger partial charge in [-0.15, -0.1) is 12.4 Å². The van der Waals surface area contributed by atoms with Crippen LogP contribution in [0.3, 0.4) is 0 Å². The molecule has 138 valence electrons. The number of hydrogen-bond donors (Lipinski definition) is 1. The first kappa shape index (κ1) is 18.5. The van der Waals surface area contributed by atoms with Gasteiger partial charge in [0.15, 0.2) is 11.6 Å². The minimum absolute atomic E-state index is 0. The summed E-state index contributed by atoms with van der Waals surface area (Å²) in [4.78, 5) is 22.4. The molecule has 0 radical (unpaired) electrons. The maximum absolute atomic E-state index is 12.9. The van der Waals surface area contributed by atoms with Crippen molar-refractivity contribution in [2.75, 3.05) is 5.32 Å². The number of hydrogen-bond acceptors (Lipinski definition) is 4. The molecular weight excluding hydrogens is 350 g/mol. The van der Waals surface area contributed by atoms with Crippen LogP contribution in [-0.4, -0.2) is 25.1 Å². The van der Waals surface area contributed by atoms with Gasteiger partial charge in [0.2, 0.25) is 0 Å². The van der Waals surface area contributed by atoms with Gasteiger partial charge in [-0.25, -0.2) is 14.8 Å². The summed E-state index contributed by atoms with van der Waals surface area (Å²) in [6.45, 7) is 7.60. The van der Waals surface area contributed by atoms with Gasteiger partial charge in [0.05, 0.1) is 0 Å². The second-order valence-corrected chi connectivity index (χ2v) is 6.73. The molecule has 1 N–H and O–H groups in total. The van der Waals surface area contributed by atoms with Crippen LogP contribution in [0, 0.1) is 6.92 Å². The van der Waals surface area contributed by atoms with Gasteiger partial charge in [0.25, 0.3) is 0 Å². The van der Waals surface area contributed by atoms with Crippen molar-refractivity contribution in [1.29, 1.82) is 0 Å². The molecule has 7 heteroatoms. The molecule has 1 aromatic rings. The molecule has 0 saturated heterocycles. The third kappa shape index (κ3) is 2.88. The Labute approximate surface area is 159 Å².